The number of benzene rings is 2. The topological polar surface area (TPSA) is 35.5 Å². The Balaban J connectivity index is 1.79. The summed E-state index contributed by atoms with van der Waals surface area (Å²) < 4.78 is 10.8. The van der Waals surface area contributed by atoms with E-state index >= 15 is 0 Å². The van der Waals surface area contributed by atoms with Crippen molar-refractivity contribution in [3.63, 3.8) is 0 Å². The molecule has 0 fully saturated rings. The lowest BCUT2D eigenvalue weighted by Crippen LogP contribution is -2.05. The van der Waals surface area contributed by atoms with Gasteiger partial charge in [-0.1, -0.05) is 48.5 Å². The Bertz CT molecular complexity index is 787. The first-order valence-corrected chi connectivity index (χ1v) is 8.10. The first-order chi connectivity index (χ1) is 11.8. The van der Waals surface area contributed by atoms with E-state index in [1.54, 1.807) is 13.0 Å². The summed E-state index contributed by atoms with van der Waals surface area (Å²) in [5.41, 5.74) is 4.52. The summed E-state index contributed by atoms with van der Waals surface area (Å²) in [6.07, 6.45) is 6.04. The van der Waals surface area contributed by atoms with E-state index in [9.17, 15) is 4.79 Å². The molecule has 1 aliphatic rings. The number of allylic oxidation sites excluding steroid dienone is 1. The van der Waals surface area contributed by atoms with Crippen LogP contribution in [-0.2, 0) is 27.3 Å². The Kier molecular flexibility index (Phi) is 5.12. The van der Waals surface area contributed by atoms with E-state index in [1.807, 2.05) is 30.3 Å². The Morgan fingerprint density at radius 2 is 1.96 bits per heavy atom. The third-order valence-corrected chi connectivity index (χ3v) is 3.89. The number of carbonyl (C=O) groups is 1. The normalized spacial score (nSPS) is 13.1. The van der Waals surface area contributed by atoms with Gasteiger partial charge in [-0.25, -0.2) is 4.79 Å². The second kappa shape index (κ2) is 7.64. The van der Waals surface area contributed by atoms with Gasteiger partial charge < -0.3 is 9.47 Å². The van der Waals surface area contributed by atoms with Gasteiger partial charge in [-0.05, 0) is 41.3 Å². The fraction of sp³-hybridized carbons (Fsp3) is 0.190. The van der Waals surface area contributed by atoms with Gasteiger partial charge in [0.05, 0.1) is 6.61 Å². The minimum atomic E-state index is -0.325. The Hall–Kier alpha value is -2.81. The van der Waals surface area contributed by atoms with Crippen LogP contribution in [0.1, 0.15) is 29.2 Å². The van der Waals surface area contributed by atoms with Gasteiger partial charge in [0.2, 0.25) is 0 Å². The van der Waals surface area contributed by atoms with Crippen LogP contribution >= 0.6 is 0 Å². The van der Waals surface area contributed by atoms with Crippen LogP contribution in [-0.4, -0.2) is 12.6 Å². The van der Waals surface area contributed by atoms with E-state index < -0.39 is 0 Å². The van der Waals surface area contributed by atoms with Crippen LogP contribution in [0, 0.1) is 0 Å². The molecule has 0 atom stereocenters. The molecule has 3 nitrogen and oxygen atoms in total. The molecule has 0 saturated carbocycles. The SMILES string of the molecule is CCOC(=O)/C=C/c1ccccc1CC1=Cc2ccccc2CO1. The van der Waals surface area contributed by atoms with Gasteiger partial charge in [-0.15, -0.1) is 0 Å². The maximum atomic E-state index is 11.5. The Labute approximate surface area is 142 Å². The Morgan fingerprint density at radius 1 is 1.17 bits per heavy atom. The molecule has 0 spiro atoms. The monoisotopic (exact) mass is 320 g/mol. The third-order valence-electron chi connectivity index (χ3n) is 3.89. The molecule has 0 unspecified atom stereocenters. The molecule has 1 heterocycles. The minimum absolute atomic E-state index is 0.325. The van der Waals surface area contributed by atoms with Crippen LogP contribution in [0.5, 0.6) is 0 Å². The molecule has 0 aromatic heterocycles. The summed E-state index contributed by atoms with van der Waals surface area (Å²) in [5, 5.41) is 0. The van der Waals surface area contributed by atoms with E-state index in [2.05, 4.69) is 24.3 Å². The van der Waals surface area contributed by atoms with Gasteiger partial charge in [0, 0.05) is 12.5 Å². The molecule has 122 valence electrons. The summed E-state index contributed by atoms with van der Waals surface area (Å²) in [5.74, 6) is 0.611. The number of rotatable bonds is 5. The van der Waals surface area contributed by atoms with Crippen LogP contribution in [0.15, 0.2) is 60.4 Å². The largest absolute Gasteiger partial charge is 0.493 e. The predicted molar refractivity (Wildman–Crippen MR) is 95.0 cm³/mol. The van der Waals surface area contributed by atoms with E-state index in [0.717, 1.165) is 16.9 Å². The quantitative estimate of drug-likeness (QED) is 0.606. The Morgan fingerprint density at radius 3 is 2.83 bits per heavy atom. The molecule has 0 radical (unpaired) electrons. The van der Waals surface area contributed by atoms with Crippen molar-refractivity contribution in [3.05, 3.63) is 82.6 Å². The lowest BCUT2D eigenvalue weighted by molar-refractivity contribution is -0.137. The molecule has 0 N–H and O–H groups in total. The van der Waals surface area contributed by atoms with Crippen molar-refractivity contribution in [3.8, 4) is 0 Å². The highest BCUT2D eigenvalue weighted by atomic mass is 16.5. The molecular formula is C21H20O3. The maximum absolute atomic E-state index is 11.5. The van der Waals surface area contributed by atoms with Crippen molar-refractivity contribution in [2.45, 2.75) is 20.0 Å². The molecule has 0 aliphatic carbocycles. The minimum Gasteiger partial charge on any atom is -0.493 e. The standard InChI is InChI=1S/C21H20O3/c1-2-23-21(22)12-11-16-7-3-4-8-17(16)13-20-14-18-9-5-6-10-19(18)15-24-20/h3-12,14H,2,13,15H2,1H3/b12-11+. The summed E-state index contributed by atoms with van der Waals surface area (Å²) in [6, 6.07) is 16.2. The van der Waals surface area contributed by atoms with Gasteiger partial charge in [0.15, 0.2) is 0 Å². The second-order valence-corrected chi connectivity index (χ2v) is 5.56. The molecule has 2 aromatic carbocycles. The molecule has 1 aliphatic heterocycles. The second-order valence-electron chi connectivity index (χ2n) is 5.56. The van der Waals surface area contributed by atoms with Gasteiger partial charge in [0.25, 0.3) is 0 Å². The zero-order valence-electron chi connectivity index (χ0n) is 13.7. The predicted octanol–water partition coefficient (Wildman–Crippen LogP) is 4.38. The lowest BCUT2D eigenvalue weighted by Gasteiger charge is -2.18. The molecule has 2 aromatic rings. The van der Waals surface area contributed by atoms with Gasteiger partial charge >= 0.3 is 5.97 Å². The van der Waals surface area contributed by atoms with Crippen molar-refractivity contribution in [1.82, 2.24) is 0 Å². The number of carbonyl (C=O) groups excluding carboxylic acids is 1. The smallest absolute Gasteiger partial charge is 0.330 e. The summed E-state index contributed by atoms with van der Waals surface area (Å²) in [7, 11) is 0. The van der Waals surface area contributed by atoms with Crippen molar-refractivity contribution < 1.29 is 14.3 Å². The van der Waals surface area contributed by atoms with Crippen LogP contribution in [0.3, 0.4) is 0 Å². The molecule has 0 bridgehead atoms. The van der Waals surface area contributed by atoms with Crippen LogP contribution in [0.4, 0.5) is 0 Å². The van der Waals surface area contributed by atoms with Crippen molar-refractivity contribution in [2.75, 3.05) is 6.61 Å². The highest BCUT2D eigenvalue weighted by Gasteiger charge is 2.12. The molecule has 24 heavy (non-hydrogen) atoms. The van der Waals surface area contributed by atoms with Gasteiger partial charge in [-0.3, -0.25) is 0 Å². The van der Waals surface area contributed by atoms with Crippen molar-refractivity contribution >= 4 is 18.1 Å². The van der Waals surface area contributed by atoms with E-state index in [4.69, 9.17) is 9.47 Å². The van der Waals surface area contributed by atoms with Crippen LogP contribution in [0.25, 0.3) is 12.2 Å². The summed E-state index contributed by atoms with van der Waals surface area (Å²) in [6.45, 7) is 2.78. The molecular weight excluding hydrogens is 300 g/mol. The average molecular weight is 320 g/mol. The fourth-order valence-electron chi connectivity index (χ4n) is 2.69. The van der Waals surface area contributed by atoms with E-state index in [-0.39, 0.29) is 5.97 Å². The van der Waals surface area contributed by atoms with Crippen molar-refractivity contribution in [1.29, 1.82) is 0 Å². The number of ether oxygens (including phenoxy) is 2. The number of hydrogen-bond donors (Lipinski definition) is 0. The summed E-state index contributed by atoms with van der Waals surface area (Å²) >= 11 is 0. The highest BCUT2D eigenvalue weighted by molar-refractivity contribution is 5.87. The molecule has 3 heteroatoms. The van der Waals surface area contributed by atoms with Crippen LogP contribution in [0.2, 0.25) is 0 Å². The molecule has 3 rings (SSSR count). The van der Waals surface area contributed by atoms with E-state index in [0.29, 0.717) is 19.6 Å². The number of fused-ring (bicyclic) bond motifs is 1. The number of hydrogen-bond acceptors (Lipinski definition) is 3. The lowest BCUT2D eigenvalue weighted by atomic mass is 9.99. The zero-order valence-corrected chi connectivity index (χ0v) is 13.7. The summed E-state index contributed by atoms with van der Waals surface area (Å²) in [4.78, 5) is 11.5. The first-order valence-electron chi connectivity index (χ1n) is 8.10. The van der Waals surface area contributed by atoms with Gasteiger partial charge in [-0.2, -0.15) is 0 Å². The maximum Gasteiger partial charge on any atom is 0.330 e. The van der Waals surface area contributed by atoms with E-state index in [1.165, 1.54) is 17.2 Å². The average Bonchev–Trinajstić information content (AvgIpc) is 2.61. The molecule has 0 amide bonds. The van der Waals surface area contributed by atoms with Crippen molar-refractivity contribution in [2.24, 2.45) is 0 Å². The molecule has 0 saturated heterocycles. The third kappa shape index (κ3) is 3.93. The van der Waals surface area contributed by atoms with Gasteiger partial charge in [0.1, 0.15) is 12.4 Å². The first kappa shape index (κ1) is 16.1. The highest BCUT2D eigenvalue weighted by Crippen LogP contribution is 2.25. The number of esters is 1. The fourth-order valence-corrected chi connectivity index (χ4v) is 2.69. The van der Waals surface area contributed by atoms with Crippen LogP contribution < -0.4 is 0 Å². The zero-order chi connectivity index (χ0) is 16.8.